The Morgan fingerprint density at radius 1 is 1.40 bits per heavy atom. The minimum atomic E-state index is -0.118. The Hall–Kier alpha value is -1.35. The summed E-state index contributed by atoms with van der Waals surface area (Å²) >= 11 is 0. The molecule has 1 aliphatic heterocycles. The monoisotopic (exact) mass is 205 g/mol. The molecular formula is C12H15NO2. The molecule has 0 aliphatic carbocycles. The predicted octanol–water partition coefficient (Wildman–Crippen LogP) is 1.95. The lowest BCUT2D eigenvalue weighted by Gasteiger charge is -2.16. The number of benzene rings is 1. The van der Waals surface area contributed by atoms with Crippen molar-refractivity contribution in [3.05, 3.63) is 35.9 Å². The number of hydrogen-bond donors (Lipinski definition) is 0. The van der Waals surface area contributed by atoms with Gasteiger partial charge in [0, 0.05) is 6.92 Å². The van der Waals surface area contributed by atoms with Gasteiger partial charge in [-0.2, -0.15) is 0 Å². The summed E-state index contributed by atoms with van der Waals surface area (Å²) in [6, 6.07) is 10.0. The van der Waals surface area contributed by atoms with Gasteiger partial charge in [0.2, 0.25) is 5.91 Å². The zero-order valence-corrected chi connectivity index (χ0v) is 9.01. The van der Waals surface area contributed by atoms with Gasteiger partial charge in [-0.15, -0.1) is 0 Å². The van der Waals surface area contributed by atoms with Gasteiger partial charge in [-0.3, -0.25) is 4.79 Å². The van der Waals surface area contributed by atoms with E-state index >= 15 is 0 Å². The van der Waals surface area contributed by atoms with Crippen molar-refractivity contribution in [1.82, 2.24) is 4.90 Å². The SMILES string of the molecule is CC(=O)N1CC(c2ccccc2)OC1C. The molecule has 0 bridgehead atoms. The second-order valence-electron chi connectivity index (χ2n) is 3.81. The maximum atomic E-state index is 11.3. The molecule has 1 aliphatic rings. The number of nitrogens with zero attached hydrogens (tertiary/aromatic N) is 1. The van der Waals surface area contributed by atoms with Gasteiger partial charge in [0.25, 0.3) is 0 Å². The lowest BCUT2D eigenvalue weighted by Crippen LogP contribution is -2.32. The van der Waals surface area contributed by atoms with Crippen molar-refractivity contribution in [2.45, 2.75) is 26.2 Å². The summed E-state index contributed by atoms with van der Waals surface area (Å²) in [5.74, 6) is 0.0703. The van der Waals surface area contributed by atoms with Gasteiger partial charge < -0.3 is 9.64 Å². The van der Waals surface area contributed by atoms with E-state index in [0.717, 1.165) is 5.56 Å². The zero-order chi connectivity index (χ0) is 10.8. The first-order valence-corrected chi connectivity index (χ1v) is 5.16. The van der Waals surface area contributed by atoms with E-state index in [2.05, 4.69) is 0 Å². The zero-order valence-electron chi connectivity index (χ0n) is 9.01. The van der Waals surface area contributed by atoms with Crippen molar-refractivity contribution in [2.75, 3.05) is 6.54 Å². The lowest BCUT2D eigenvalue weighted by atomic mass is 10.1. The molecule has 1 saturated heterocycles. The van der Waals surface area contributed by atoms with Crippen molar-refractivity contribution in [3.63, 3.8) is 0 Å². The molecule has 0 saturated carbocycles. The molecule has 3 nitrogen and oxygen atoms in total. The minimum absolute atomic E-state index is 0.0186. The molecule has 0 N–H and O–H groups in total. The van der Waals surface area contributed by atoms with Crippen molar-refractivity contribution in [2.24, 2.45) is 0 Å². The summed E-state index contributed by atoms with van der Waals surface area (Å²) in [4.78, 5) is 13.0. The van der Waals surface area contributed by atoms with Crippen LogP contribution in [-0.4, -0.2) is 23.6 Å². The van der Waals surface area contributed by atoms with Crippen molar-refractivity contribution < 1.29 is 9.53 Å². The van der Waals surface area contributed by atoms with Crippen LogP contribution in [0.1, 0.15) is 25.5 Å². The molecule has 2 unspecified atom stereocenters. The number of amides is 1. The van der Waals surface area contributed by atoms with E-state index in [9.17, 15) is 4.79 Å². The van der Waals surface area contributed by atoms with E-state index in [0.29, 0.717) is 6.54 Å². The fourth-order valence-corrected chi connectivity index (χ4v) is 1.92. The molecule has 1 amide bonds. The number of carbonyl (C=O) groups is 1. The maximum Gasteiger partial charge on any atom is 0.221 e. The Bertz CT molecular complexity index is 350. The summed E-state index contributed by atoms with van der Waals surface area (Å²) < 4.78 is 5.73. The number of rotatable bonds is 1. The molecule has 15 heavy (non-hydrogen) atoms. The minimum Gasteiger partial charge on any atom is -0.349 e. The molecule has 0 aromatic heterocycles. The topological polar surface area (TPSA) is 29.5 Å². The standard InChI is InChI=1S/C12H15NO2/c1-9(14)13-8-12(15-10(13)2)11-6-4-3-5-7-11/h3-7,10,12H,8H2,1-2H3. The summed E-state index contributed by atoms with van der Waals surface area (Å²) in [5.41, 5.74) is 1.13. The lowest BCUT2D eigenvalue weighted by molar-refractivity contribution is -0.133. The Kier molecular flexibility index (Phi) is 2.73. The highest BCUT2D eigenvalue weighted by Gasteiger charge is 2.31. The van der Waals surface area contributed by atoms with Crippen molar-refractivity contribution >= 4 is 5.91 Å². The van der Waals surface area contributed by atoms with Crippen molar-refractivity contribution in [3.8, 4) is 0 Å². The third-order valence-electron chi connectivity index (χ3n) is 2.74. The predicted molar refractivity (Wildman–Crippen MR) is 57.1 cm³/mol. The molecule has 3 heteroatoms. The number of hydrogen-bond acceptors (Lipinski definition) is 2. The van der Waals surface area contributed by atoms with Crippen LogP contribution in [0, 0.1) is 0 Å². The molecule has 0 radical (unpaired) electrons. The molecule has 1 aromatic rings. The van der Waals surface area contributed by atoms with Crippen molar-refractivity contribution in [1.29, 1.82) is 0 Å². The van der Waals surface area contributed by atoms with Gasteiger partial charge in [-0.05, 0) is 12.5 Å². The number of ether oxygens (including phenoxy) is 1. The molecule has 2 atom stereocenters. The first kappa shape index (κ1) is 10.2. The van der Waals surface area contributed by atoms with Gasteiger partial charge >= 0.3 is 0 Å². The smallest absolute Gasteiger partial charge is 0.221 e. The van der Waals surface area contributed by atoms with Gasteiger partial charge in [0.1, 0.15) is 12.3 Å². The quantitative estimate of drug-likeness (QED) is 0.701. The highest BCUT2D eigenvalue weighted by Crippen LogP contribution is 2.28. The van der Waals surface area contributed by atoms with Crippen LogP contribution in [-0.2, 0) is 9.53 Å². The molecule has 2 rings (SSSR count). The average molecular weight is 205 g/mol. The van der Waals surface area contributed by atoms with Crippen LogP contribution >= 0.6 is 0 Å². The summed E-state index contributed by atoms with van der Waals surface area (Å²) in [5, 5.41) is 0. The van der Waals surface area contributed by atoms with E-state index < -0.39 is 0 Å². The molecule has 80 valence electrons. The second kappa shape index (κ2) is 4.03. The van der Waals surface area contributed by atoms with E-state index in [-0.39, 0.29) is 18.2 Å². The Morgan fingerprint density at radius 3 is 2.60 bits per heavy atom. The van der Waals surface area contributed by atoms with Gasteiger partial charge in [-0.25, -0.2) is 0 Å². The van der Waals surface area contributed by atoms with Gasteiger partial charge in [0.15, 0.2) is 0 Å². The summed E-state index contributed by atoms with van der Waals surface area (Å²) in [6.07, 6.45) is -0.0993. The van der Waals surface area contributed by atoms with Crippen LogP contribution in [0.2, 0.25) is 0 Å². The Morgan fingerprint density at radius 2 is 2.07 bits per heavy atom. The van der Waals surface area contributed by atoms with Crippen LogP contribution in [0.3, 0.4) is 0 Å². The van der Waals surface area contributed by atoms with Crippen LogP contribution in [0.5, 0.6) is 0 Å². The molecule has 1 heterocycles. The first-order chi connectivity index (χ1) is 7.18. The Labute approximate surface area is 89.7 Å². The van der Waals surface area contributed by atoms with E-state index in [1.54, 1.807) is 11.8 Å². The fourth-order valence-electron chi connectivity index (χ4n) is 1.92. The maximum absolute atomic E-state index is 11.3. The Balaban J connectivity index is 2.13. The van der Waals surface area contributed by atoms with Gasteiger partial charge in [-0.1, -0.05) is 30.3 Å². The highest BCUT2D eigenvalue weighted by atomic mass is 16.5. The van der Waals surface area contributed by atoms with E-state index in [4.69, 9.17) is 4.74 Å². The largest absolute Gasteiger partial charge is 0.349 e. The molecule has 0 spiro atoms. The first-order valence-electron chi connectivity index (χ1n) is 5.16. The number of carbonyl (C=O) groups excluding carboxylic acids is 1. The highest BCUT2D eigenvalue weighted by molar-refractivity contribution is 5.73. The van der Waals surface area contributed by atoms with E-state index in [1.807, 2.05) is 37.3 Å². The average Bonchev–Trinajstić information content (AvgIpc) is 2.62. The van der Waals surface area contributed by atoms with Crippen LogP contribution in [0.25, 0.3) is 0 Å². The molecule has 1 aromatic carbocycles. The van der Waals surface area contributed by atoms with Crippen LogP contribution in [0.15, 0.2) is 30.3 Å². The van der Waals surface area contributed by atoms with Gasteiger partial charge in [0.05, 0.1) is 6.54 Å². The summed E-state index contributed by atoms with van der Waals surface area (Å²) in [6.45, 7) is 4.14. The molecular weight excluding hydrogens is 190 g/mol. The van der Waals surface area contributed by atoms with E-state index in [1.165, 1.54) is 0 Å². The third kappa shape index (κ3) is 2.02. The normalized spacial score (nSPS) is 25.6. The fraction of sp³-hybridized carbons (Fsp3) is 0.417. The second-order valence-corrected chi connectivity index (χ2v) is 3.81. The van der Waals surface area contributed by atoms with Crippen LogP contribution in [0.4, 0.5) is 0 Å². The summed E-state index contributed by atoms with van der Waals surface area (Å²) in [7, 11) is 0. The third-order valence-corrected chi connectivity index (χ3v) is 2.74. The molecule has 1 fully saturated rings. The van der Waals surface area contributed by atoms with Crippen LogP contribution < -0.4 is 0 Å².